The molecule has 0 unspecified atom stereocenters. The molecule has 2 aromatic carbocycles. The summed E-state index contributed by atoms with van der Waals surface area (Å²) in [5, 5.41) is 2.94. The Bertz CT molecular complexity index is 676. The molecule has 0 heterocycles. The van der Waals surface area contributed by atoms with Crippen LogP contribution in [0.4, 0.5) is 5.69 Å². The molecule has 0 fully saturated rings. The van der Waals surface area contributed by atoms with Crippen LogP contribution in [0.3, 0.4) is 0 Å². The Morgan fingerprint density at radius 2 is 1.88 bits per heavy atom. The standard InChI is InChI=1S/C18H20INO3S/c1-13-11-14(19)3-8-17(13)20-18(21)12-24-10-9-23-16-6-4-15(22-2)5-7-16/h3-8,11H,9-10,12H2,1-2H3,(H,20,21). The summed E-state index contributed by atoms with van der Waals surface area (Å²) in [5.41, 5.74) is 1.94. The van der Waals surface area contributed by atoms with Gasteiger partial charge in [-0.05, 0) is 77.5 Å². The van der Waals surface area contributed by atoms with E-state index in [1.165, 1.54) is 0 Å². The molecule has 1 N–H and O–H groups in total. The summed E-state index contributed by atoms with van der Waals surface area (Å²) >= 11 is 3.81. The summed E-state index contributed by atoms with van der Waals surface area (Å²) in [6.45, 7) is 2.56. The number of amides is 1. The van der Waals surface area contributed by atoms with Gasteiger partial charge in [0.1, 0.15) is 11.5 Å². The molecule has 0 saturated heterocycles. The lowest BCUT2D eigenvalue weighted by Crippen LogP contribution is -2.16. The fourth-order valence-electron chi connectivity index (χ4n) is 2.01. The van der Waals surface area contributed by atoms with Crippen LogP contribution in [-0.4, -0.2) is 31.1 Å². The second-order valence-corrected chi connectivity index (χ2v) is 7.43. The molecule has 0 atom stereocenters. The molecule has 24 heavy (non-hydrogen) atoms. The molecule has 0 bridgehead atoms. The van der Waals surface area contributed by atoms with Crippen molar-refractivity contribution in [1.29, 1.82) is 0 Å². The summed E-state index contributed by atoms with van der Waals surface area (Å²) in [5.74, 6) is 2.78. The maximum absolute atomic E-state index is 12.0. The monoisotopic (exact) mass is 457 g/mol. The first-order chi connectivity index (χ1) is 11.6. The first-order valence-corrected chi connectivity index (χ1v) is 9.72. The minimum atomic E-state index is 0.00811. The molecule has 0 spiro atoms. The van der Waals surface area contributed by atoms with Crippen molar-refractivity contribution < 1.29 is 14.3 Å². The van der Waals surface area contributed by atoms with Gasteiger partial charge in [0.15, 0.2) is 0 Å². The average molecular weight is 457 g/mol. The molecule has 0 aliphatic carbocycles. The van der Waals surface area contributed by atoms with E-state index >= 15 is 0 Å². The number of aryl methyl sites for hydroxylation is 1. The van der Waals surface area contributed by atoms with Crippen LogP contribution in [0, 0.1) is 10.5 Å². The van der Waals surface area contributed by atoms with E-state index in [2.05, 4.69) is 27.9 Å². The van der Waals surface area contributed by atoms with Gasteiger partial charge < -0.3 is 14.8 Å². The van der Waals surface area contributed by atoms with Crippen molar-refractivity contribution in [2.45, 2.75) is 6.92 Å². The van der Waals surface area contributed by atoms with Gasteiger partial charge in [0.2, 0.25) is 5.91 Å². The van der Waals surface area contributed by atoms with Crippen molar-refractivity contribution in [3.8, 4) is 11.5 Å². The number of carbonyl (C=O) groups excluding carboxylic acids is 1. The number of methoxy groups -OCH3 is 1. The van der Waals surface area contributed by atoms with Crippen LogP contribution in [0.2, 0.25) is 0 Å². The predicted molar refractivity (Wildman–Crippen MR) is 108 cm³/mol. The number of hydrogen-bond acceptors (Lipinski definition) is 4. The fraction of sp³-hybridized carbons (Fsp3) is 0.278. The lowest BCUT2D eigenvalue weighted by Gasteiger charge is -2.09. The highest BCUT2D eigenvalue weighted by Gasteiger charge is 2.05. The molecular formula is C18H20INO3S. The number of thioether (sulfide) groups is 1. The second kappa shape index (κ2) is 9.78. The fourth-order valence-corrected chi connectivity index (χ4v) is 3.26. The molecule has 2 aromatic rings. The van der Waals surface area contributed by atoms with Crippen LogP contribution >= 0.6 is 34.4 Å². The maximum Gasteiger partial charge on any atom is 0.234 e. The third-order valence-corrected chi connectivity index (χ3v) is 4.84. The lowest BCUT2D eigenvalue weighted by molar-refractivity contribution is -0.113. The molecule has 0 radical (unpaired) electrons. The Labute approximate surface area is 160 Å². The van der Waals surface area contributed by atoms with E-state index in [4.69, 9.17) is 9.47 Å². The van der Waals surface area contributed by atoms with Gasteiger partial charge in [-0.3, -0.25) is 4.79 Å². The SMILES string of the molecule is COc1ccc(OCCSCC(=O)Nc2ccc(I)cc2C)cc1. The van der Waals surface area contributed by atoms with Gasteiger partial charge in [0.05, 0.1) is 19.5 Å². The molecule has 0 aliphatic heterocycles. The van der Waals surface area contributed by atoms with E-state index in [1.54, 1.807) is 18.9 Å². The summed E-state index contributed by atoms with van der Waals surface area (Å²) in [4.78, 5) is 12.0. The maximum atomic E-state index is 12.0. The van der Waals surface area contributed by atoms with Crippen molar-refractivity contribution >= 4 is 45.9 Å². The molecule has 6 heteroatoms. The van der Waals surface area contributed by atoms with Crippen LogP contribution in [0.15, 0.2) is 42.5 Å². The van der Waals surface area contributed by atoms with Gasteiger partial charge in [-0.2, -0.15) is 0 Å². The third-order valence-electron chi connectivity index (χ3n) is 3.25. The van der Waals surface area contributed by atoms with Gasteiger partial charge in [0.25, 0.3) is 0 Å². The van der Waals surface area contributed by atoms with Crippen molar-refractivity contribution in [3.63, 3.8) is 0 Å². The van der Waals surface area contributed by atoms with E-state index in [-0.39, 0.29) is 5.91 Å². The van der Waals surface area contributed by atoms with Crippen molar-refractivity contribution in [2.75, 3.05) is 30.5 Å². The minimum Gasteiger partial charge on any atom is -0.497 e. The number of hydrogen-bond donors (Lipinski definition) is 1. The number of carbonyl (C=O) groups is 1. The highest BCUT2D eigenvalue weighted by molar-refractivity contribution is 14.1. The van der Waals surface area contributed by atoms with Gasteiger partial charge in [-0.25, -0.2) is 0 Å². The zero-order valence-electron chi connectivity index (χ0n) is 13.7. The number of rotatable bonds is 8. The Balaban J connectivity index is 1.65. The van der Waals surface area contributed by atoms with Gasteiger partial charge in [-0.1, -0.05) is 0 Å². The van der Waals surface area contributed by atoms with Crippen LogP contribution in [-0.2, 0) is 4.79 Å². The summed E-state index contributed by atoms with van der Waals surface area (Å²) in [6, 6.07) is 13.4. The summed E-state index contributed by atoms with van der Waals surface area (Å²) in [7, 11) is 1.63. The van der Waals surface area contributed by atoms with Crippen LogP contribution in [0.25, 0.3) is 0 Å². The number of ether oxygens (including phenoxy) is 2. The Morgan fingerprint density at radius 3 is 2.54 bits per heavy atom. The molecule has 0 aliphatic rings. The summed E-state index contributed by atoms with van der Waals surface area (Å²) in [6.07, 6.45) is 0. The number of benzene rings is 2. The molecule has 0 saturated carbocycles. The minimum absolute atomic E-state index is 0.00811. The Hall–Kier alpha value is -1.41. The Morgan fingerprint density at radius 1 is 1.17 bits per heavy atom. The van der Waals surface area contributed by atoms with Crippen molar-refractivity contribution in [1.82, 2.24) is 0 Å². The Kier molecular flexibility index (Phi) is 7.71. The van der Waals surface area contributed by atoms with E-state index < -0.39 is 0 Å². The van der Waals surface area contributed by atoms with Crippen LogP contribution in [0.5, 0.6) is 11.5 Å². The number of halogens is 1. The largest absolute Gasteiger partial charge is 0.497 e. The van der Waals surface area contributed by atoms with E-state index in [0.29, 0.717) is 12.4 Å². The zero-order valence-corrected chi connectivity index (χ0v) is 16.6. The number of nitrogens with one attached hydrogen (secondary N) is 1. The highest BCUT2D eigenvalue weighted by Crippen LogP contribution is 2.19. The quantitative estimate of drug-likeness (QED) is 0.473. The van der Waals surface area contributed by atoms with Gasteiger partial charge in [-0.15, -0.1) is 11.8 Å². The zero-order chi connectivity index (χ0) is 17.4. The van der Waals surface area contributed by atoms with Crippen LogP contribution in [0.1, 0.15) is 5.56 Å². The third kappa shape index (κ3) is 6.24. The van der Waals surface area contributed by atoms with Gasteiger partial charge >= 0.3 is 0 Å². The normalized spacial score (nSPS) is 10.3. The first-order valence-electron chi connectivity index (χ1n) is 7.49. The van der Waals surface area contributed by atoms with Crippen molar-refractivity contribution in [3.05, 3.63) is 51.6 Å². The van der Waals surface area contributed by atoms with E-state index in [1.807, 2.05) is 49.4 Å². The molecule has 2 rings (SSSR count). The predicted octanol–water partition coefficient (Wildman–Crippen LogP) is 4.36. The van der Waals surface area contributed by atoms with E-state index in [0.717, 1.165) is 32.1 Å². The molecular weight excluding hydrogens is 437 g/mol. The second-order valence-electron chi connectivity index (χ2n) is 5.08. The molecule has 128 valence electrons. The highest BCUT2D eigenvalue weighted by atomic mass is 127. The average Bonchev–Trinajstić information content (AvgIpc) is 2.57. The number of anilines is 1. The lowest BCUT2D eigenvalue weighted by atomic mass is 10.2. The van der Waals surface area contributed by atoms with Crippen molar-refractivity contribution in [2.24, 2.45) is 0 Å². The summed E-state index contributed by atoms with van der Waals surface area (Å²) < 4.78 is 11.9. The topological polar surface area (TPSA) is 47.6 Å². The van der Waals surface area contributed by atoms with E-state index in [9.17, 15) is 4.79 Å². The first kappa shape index (κ1) is 18.9. The molecule has 0 aromatic heterocycles. The van der Waals surface area contributed by atoms with Crippen LogP contribution < -0.4 is 14.8 Å². The molecule has 1 amide bonds. The van der Waals surface area contributed by atoms with Gasteiger partial charge in [0, 0.05) is 15.0 Å². The smallest absolute Gasteiger partial charge is 0.234 e. The molecule has 4 nitrogen and oxygen atoms in total.